The van der Waals surface area contributed by atoms with Crippen LogP contribution in [0.3, 0.4) is 0 Å². The van der Waals surface area contributed by atoms with Crippen molar-refractivity contribution in [2.75, 3.05) is 0 Å². The van der Waals surface area contributed by atoms with Crippen LogP contribution in [0.4, 0.5) is 0 Å². The molecule has 4 unspecified atom stereocenters. The summed E-state index contributed by atoms with van der Waals surface area (Å²) in [6.07, 6.45) is 3.27. The van der Waals surface area contributed by atoms with Crippen molar-refractivity contribution in [3.63, 3.8) is 0 Å². The van der Waals surface area contributed by atoms with Gasteiger partial charge in [-0.25, -0.2) is 0 Å². The van der Waals surface area contributed by atoms with Gasteiger partial charge in [-0.1, -0.05) is 0 Å². The summed E-state index contributed by atoms with van der Waals surface area (Å²) >= 11 is 0. The van der Waals surface area contributed by atoms with E-state index in [1.54, 1.807) is 0 Å². The number of rotatable bonds is 0. The summed E-state index contributed by atoms with van der Waals surface area (Å²) in [6.45, 7) is 0. The average molecular weight is 140 g/mol. The molecule has 4 atom stereocenters. The van der Waals surface area contributed by atoms with Crippen LogP contribution in [0.1, 0.15) is 12.8 Å². The largest absolute Gasteiger partial charge is 0.366 e. The van der Waals surface area contributed by atoms with E-state index in [1.807, 2.05) is 0 Å². The Morgan fingerprint density at radius 2 is 1.80 bits per heavy atom. The summed E-state index contributed by atoms with van der Waals surface area (Å²) in [7, 11) is 0. The quantitative estimate of drug-likeness (QED) is 0.434. The second-order valence-electron chi connectivity index (χ2n) is 3.68. The number of hydrogen-bond acceptors (Lipinski definition) is 3. The topological polar surface area (TPSA) is 50.6 Å². The Bertz CT molecular complexity index is 157. The van der Waals surface area contributed by atoms with Crippen molar-refractivity contribution in [2.24, 2.45) is 5.73 Å². The molecule has 0 aromatic carbocycles. The van der Waals surface area contributed by atoms with Crippen molar-refractivity contribution in [3.8, 4) is 0 Å². The van der Waals surface area contributed by atoms with Crippen LogP contribution in [-0.4, -0.2) is 30.3 Å². The monoisotopic (exact) mass is 140 g/mol. The zero-order valence-corrected chi connectivity index (χ0v) is 5.79. The zero-order chi connectivity index (χ0) is 6.72. The lowest BCUT2D eigenvalue weighted by Crippen LogP contribution is -2.48. The van der Waals surface area contributed by atoms with Gasteiger partial charge >= 0.3 is 0 Å². The van der Waals surface area contributed by atoms with Gasteiger partial charge < -0.3 is 15.8 Å². The number of nitrogens with one attached hydrogen (secondary N) is 1. The average Bonchev–Trinajstić information content (AvgIpc) is 2.59. The normalized spacial score (nSPS) is 63.9. The lowest BCUT2D eigenvalue weighted by Gasteiger charge is -2.28. The van der Waals surface area contributed by atoms with E-state index in [1.165, 1.54) is 0 Å². The predicted molar refractivity (Wildman–Crippen MR) is 36.6 cm³/mol. The van der Waals surface area contributed by atoms with E-state index in [9.17, 15) is 0 Å². The number of morpholine rings is 1. The van der Waals surface area contributed by atoms with Gasteiger partial charge in [0.15, 0.2) is 0 Å². The SMILES string of the molecule is NC1CC2NC(C1)C1OC21. The van der Waals surface area contributed by atoms with Crippen LogP contribution in [0.2, 0.25) is 0 Å². The van der Waals surface area contributed by atoms with Gasteiger partial charge in [0.1, 0.15) is 12.2 Å². The van der Waals surface area contributed by atoms with Gasteiger partial charge in [-0.3, -0.25) is 0 Å². The molecule has 56 valence electrons. The molecule has 0 aromatic rings. The van der Waals surface area contributed by atoms with E-state index < -0.39 is 0 Å². The van der Waals surface area contributed by atoms with Crippen molar-refractivity contribution in [3.05, 3.63) is 0 Å². The van der Waals surface area contributed by atoms with E-state index in [4.69, 9.17) is 10.5 Å². The lowest BCUT2D eigenvalue weighted by molar-refractivity contribution is 0.196. The van der Waals surface area contributed by atoms with Crippen molar-refractivity contribution >= 4 is 0 Å². The fourth-order valence-electron chi connectivity index (χ4n) is 2.40. The van der Waals surface area contributed by atoms with Crippen LogP contribution >= 0.6 is 0 Å². The maximum Gasteiger partial charge on any atom is 0.101 e. The first-order valence-electron chi connectivity index (χ1n) is 4.02. The summed E-state index contributed by atoms with van der Waals surface area (Å²) in [5.41, 5.74) is 5.84. The molecule has 3 nitrogen and oxygen atoms in total. The second-order valence-corrected chi connectivity index (χ2v) is 3.68. The molecule has 10 heavy (non-hydrogen) atoms. The highest BCUT2D eigenvalue weighted by Gasteiger charge is 2.58. The third-order valence-electron chi connectivity index (χ3n) is 2.90. The molecule has 3 fully saturated rings. The standard InChI is InChI=1S/C7H12N2O/c8-3-1-4-6-7(10-6)5(2-3)9-4/h3-7,9H,1-2,8H2. The number of fused-ring (bicyclic) bond motifs is 5. The van der Waals surface area contributed by atoms with Gasteiger partial charge in [0.25, 0.3) is 0 Å². The molecule has 0 saturated carbocycles. The molecular formula is C7H12N2O. The minimum Gasteiger partial charge on any atom is -0.366 e. The molecular weight excluding hydrogens is 128 g/mol. The van der Waals surface area contributed by atoms with Crippen molar-refractivity contribution in [1.29, 1.82) is 0 Å². The number of ether oxygens (including phenoxy) is 1. The van der Waals surface area contributed by atoms with Gasteiger partial charge in [-0.15, -0.1) is 0 Å². The Kier molecular flexibility index (Phi) is 0.854. The van der Waals surface area contributed by atoms with E-state index in [-0.39, 0.29) is 0 Å². The molecule has 3 aliphatic rings. The Morgan fingerprint density at radius 3 is 2.40 bits per heavy atom. The molecule has 0 radical (unpaired) electrons. The Labute approximate surface area is 59.9 Å². The first-order valence-corrected chi connectivity index (χ1v) is 4.02. The third-order valence-corrected chi connectivity index (χ3v) is 2.90. The summed E-state index contributed by atoms with van der Waals surface area (Å²) < 4.78 is 5.45. The lowest BCUT2D eigenvalue weighted by atomic mass is 10.0. The highest BCUT2D eigenvalue weighted by Crippen LogP contribution is 2.41. The molecule has 3 aliphatic heterocycles. The van der Waals surface area contributed by atoms with Crippen LogP contribution in [-0.2, 0) is 4.74 Å². The first kappa shape index (κ1) is 5.52. The van der Waals surface area contributed by atoms with Crippen LogP contribution in [0.5, 0.6) is 0 Å². The smallest absolute Gasteiger partial charge is 0.101 e. The van der Waals surface area contributed by atoms with E-state index in [2.05, 4.69) is 5.32 Å². The van der Waals surface area contributed by atoms with Gasteiger partial charge in [0.05, 0.1) is 0 Å². The van der Waals surface area contributed by atoms with E-state index >= 15 is 0 Å². The molecule has 3 heterocycles. The minimum absolute atomic E-state index is 0.424. The Balaban J connectivity index is 1.87. The molecule has 3 rings (SSSR count). The molecule has 0 spiro atoms. The minimum atomic E-state index is 0.424. The van der Waals surface area contributed by atoms with Gasteiger partial charge in [-0.2, -0.15) is 0 Å². The Morgan fingerprint density at radius 1 is 1.20 bits per heavy atom. The fraction of sp³-hybridized carbons (Fsp3) is 1.00. The summed E-state index contributed by atoms with van der Waals surface area (Å²) in [5.74, 6) is 0. The van der Waals surface area contributed by atoms with Crippen LogP contribution in [0.15, 0.2) is 0 Å². The Hall–Kier alpha value is -0.120. The molecule has 0 aromatic heterocycles. The summed E-state index contributed by atoms with van der Waals surface area (Å²) in [6, 6.07) is 1.59. The van der Waals surface area contributed by atoms with Crippen molar-refractivity contribution in [1.82, 2.24) is 5.32 Å². The molecule has 3 heteroatoms. The van der Waals surface area contributed by atoms with Crippen LogP contribution in [0, 0.1) is 0 Å². The zero-order valence-electron chi connectivity index (χ0n) is 5.79. The van der Waals surface area contributed by atoms with Gasteiger partial charge in [-0.05, 0) is 12.8 Å². The van der Waals surface area contributed by atoms with E-state index in [0.29, 0.717) is 30.3 Å². The second kappa shape index (κ2) is 1.55. The third kappa shape index (κ3) is 0.557. The van der Waals surface area contributed by atoms with Crippen LogP contribution < -0.4 is 11.1 Å². The number of nitrogens with two attached hydrogens (primary N) is 1. The van der Waals surface area contributed by atoms with Gasteiger partial charge in [0, 0.05) is 18.1 Å². The maximum atomic E-state index is 5.84. The molecule has 2 bridgehead atoms. The summed E-state index contributed by atoms with van der Waals surface area (Å²) in [4.78, 5) is 0. The summed E-state index contributed by atoms with van der Waals surface area (Å²) in [5, 5.41) is 3.52. The number of epoxide rings is 1. The molecule has 0 amide bonds. The highest BCUT2D eigenvalue weighted by atomic mass is 16.6. The number of piperidine rings is 1. The van der Waals surface area contributed by atoms with E-state index in [0.717, 1.165) is 12.8 Å². The highest BCUT2D eigenvalue weighted by molar-refractivity contribution is 5.13. The fourth-order valence-corrected chi connectivity index (χ4v) is 2.40. The van der Waals surface area contributed by atoms with Crippen molar-refractivity contribution in [2.45, 2.75) is 43.2 Å². The number of hydrogen-bond donors (Lipinski definition) is 2. The molecule has 0 aliphatic carbocycles. The van der Waals surface area contributed by atoms with Gasteiger partial charge in [0.2, 0.25) is 0 Å². The molecule has 3 saturated heterocycles. The predicted octanol–water partition coefficient (Wildman–Crippen LogP) is -0.785. The first-order chi connectivity index (χ1) is 4.84. The van der Waals surface area contributed by atoms with Crippen LogP contribution in [0.25, 0.3) is 0 Å². The van der Waals surface area contributed by atoms with Crippen molar-refractivity contribution < 1.29 is 4.74 Å². The molecule has 3 N–H and O–H groups in total. The maximum absolute atomic E-state index is 5.84.